The van der Waals surface area contributed by atoms with Crippen LogP contribution in [0.4, 0.5) is 17.5 Å². The van der Waals surface area contributed by atoms with Crippen LogP contribution in [0.3, 0.4) is 0 Å². The minimum Gasteiger partial charge on any atom is -0.370 e. The Hall–Kier alpha value is -2.92. The zero-order chi connectivity index (χ0) is 16.8. The second kappa shape index (κ2) is 7.57. The van der Waals surface area contributed by atoms with E-state index in [0.29, 0.717) is 19.0 Å². The molecule has 0 spiro atoms. The zero-order valence-corrected chi connectivity index (χ0v) is 13.6. The fraction of sp³-hybridized carbons (Fsp3) is 0.158. The Kier molecular flexibility index (Phi) is 5.03. The number of rotatable bonds is 6. The van der Waals surface area contributed by atoms with E-state index in [2.05, 4.69) is 22.2 Å². The summed E-state index contributed by atoms with van der Waals surface area (Å²) in [4.78, 5) is 8.44. The highest BCUT2D eigenvalue weighted by Gasteiger charge is 2.04. The van der Waals surface area contributed by atoms with Crippen molar-refractivity contribution in [3.05, 3.63) is 77.5 Å². The average molecular weight is 320 g/mol. The Balaban J connectivity index is 1.64. The molecule has 0 aliphatic carbocycles. The van der Waals surface area contributed by atoms with E-state index in [1.165, 1.54) is 5.56 Å². The van der Waals surface area contributed by atoms with E-state index in [0.717, 1.165) is 16.9 Å². The quantitative estimate of drug-likeness (QED) is 0.722. The Bertz CT molecular complexity index is 788. The molecule has 0 aliphatic heterocycles. The molecule has 1 aromatic heterocycles. The van der Waals surface area contributed by atoms with Crippen molar-refractivity contribution in [3.63, 3.8) is 0 Å². The predicted molar refractivity (Wildman–Crippen MR) is 95.8 cm³/mol. The van der Waals surface area contributed by atoms with E-state index in [-0.39, 0.29) is 5.95 Å². The molecule has 0 amide bonds. The van der Waals surface area contributed by atoms with Gasteiger partial charge in [0.05, 0.1) is 18.9 Å². The van der Waals surface area contributed by atoms with Crippen LogP contribution in [0.5, 0.6) is 0 Å². The summed E-state index contributed by atoms with van der Waals surface area (Å²) in [5, 5.41) is 3.23. The number of aromatic nitrogens is 2. The molecule has 1 heterocycles. The van der Waals surface area contributed by atoms with Gasteiger partial charge in [-0.2, -0.15) is 4.98 Å². The van der Waals surface area contributed by atoms with Crippen molar-refractivity contribution >= 4 is 17.5 Å². The van der Waals surface area contributed by atoms with Crippen LogP contribution < -0.4 is 11.1 Å². The van der Waals surface area contributed by atoms with Gasteiger partial charge in [0.15, 0.2) is 0 Å². The first-order valence-electron chi connectivity index (χ1n) is 7.78. The molecule has 0 fully saturated rings. The van der Waals surface area contributed by atoms with Gasteiger partial charge >= 0.3 is 0 Å². The van der Waals surface area contributed by atoms with Crippen LogP contribution in [-0.4, -0.2) is 9.97 Å². The van der Waals surface area contributed by atoms with E-state index in [1.807, 2.05) is 60.7 Å². The second-order valence-electron chi connectivity index (χ2n) is 5.57. The van der Waals surface area contributed by atoms with Crippen molar-refractivity contribution in [1.82, 2.24) is 9.97 Å². The molecule has 5 heteroatoms. The van der Waals surface area contributed by atoms with E-state index in [4.69, 9.17) is 10.5 Å². The number of nitrogens with two attached hydrogens (primary N) is 1. The molecule has 3 aromatic rings. The molecule has 0 bridgehead atoms. The lowest BCUT2D eigenvalue weighted by Crippen LogP contribution is -2.05. The second-order valence-corrected chi connectivity index (χ2v) is 5.57. The third kappa shape index (κ3) is 4.54. The van der Waals surface area contributed by atoms with Crippen molar-refractivity contribution in [3.8, 4) is 0 Å². The highest BCUT2D eigenvalue weighted by atomic mass is 16.5. The van der Waals surface area contributed by atoms with Crippen LogP contribution in [0.15, 0.2) is 60.7 Å². The molecule has 3 rings (SSSR count). The number of nitrogen functional groups attached to an aromatic ring is 1. The van der Waals surface area contributed by atoms with Gasteiger partial charge in [-0.15, -0.1) is 0 Å². The number of ether oxygens (including phenoxy) is 1. The van der Waals surface area contributed by atoms with Gasteiger partial charge < -0.3 is 15.8 Å². The average Bonchev–Trinajstić information content (AvgIpc) is 2.57. The van der Waals surface area contributed by atoms with Gasteiger partial charge in [-0.25, -0.2) is 4.98 Å². The number of nitrogens with one attached hydrogen (secondary N) is 1. The fourth-order valence-corrected chi connectivity index (χ4v) is 2.29. The van der Waals surface area contributed by atoms with Gasteiger partial charge in [0.2, 0.25) is 5.95 Å². The van der Waals surface area contributed by atoms with Gasteiger partial charge in [0.25, 0.3) is 0 Å². The standard InChI is InChI=1S/C19H20N4O/c1-14-7-9-16(10-8-14)21-18-11-17(22-19(20)23-18)13-24-12-15-5-3-2-4-6-15/h2-11H,12-13H2,1H3,(H3,20,21,22,23). The van der Waals surface area contributed by atoms with E-state index in [9.17, 15) is 0 Å². The molecule has 0 saturated carbocycles. The first-order valence-corrected chi connectivity index (χ1v) is 7.78. The molecule has 3 N–H and O–H groups in total. The lowest BCUT2D eigenvalue weighted by atomic mass is 10.2. The van der Waals surface area contributed by atoms with Crippen LogP contribution in [0, 0.1) is 6.92 Å². The van der Waals surface area contributed by atoms with Crippen LogP contribution >= 0.6 is 0 Å². The molecule has 122 valence electrons. The SMILES string of the molecule is Cc1ccc(Nc2cc(COCc3ccccc3)nc(N)n2)cc1. The van der Waals surface area contributed by atoms with Crippen LogP contribution in [0.2, 0.25) is 0 Å². The molecule has 0 aliphatic rings. The van der Waals surface area contributed by atoms with Crippen molar-refractivity contribution in [2.75, 3.05) is 11.1 Å². The molecular weight excluding hydrogens is 300 g/mol. The molecule has 5 nitrogen and oxygen atoms in total. The fourth-order valence-electron chi connectivity index (χ4n) is 2.29. The smallest absolute Gasteiger partial charge is 0.222 e. The van der Waals surface area contributed by atoms with E-state index < -0.39 is 0 Å². The highest BCUT2D eigenvalue weighted by molar-refractivity contribution is 5.57. The Morgan fingerprint density at radius 3 is 2.46 bits per heavy atom. The first kappa shape index (κ1) is 16.0. The summed E-state index contributed by atoms with van der Waals surface area (Å²) in [6.07, 6.45) is 0. The number of benzene rings is 2. The first-order chi connectivity index (χ1) is 11.7. The monoisotopic (exact) mass is 320 g/mol. The summed E-state index contributed by atoms with van der Waals surface area (Å²) in [5.74, 6) is 0.884. The maximum Gasteiger partial charge on any atom is 0.222 e. The number of nitrogens with zero attached hydrogens (tertiary/aromatic N) is 2. The third-order valence-corrected chi connectivity index (χ3v) is 3.48. The predicted octanol–water partition coefficient (Wildman–Crippen LogP) is 3.83. The van der Waals surface area contributed by atoms with Crippen LogP contribution in [0.25, 0.3) is 0 Å². The Morgan fingerprint density at radius 1 is 0.958 bits per heavy atom. The minimum absolute atomic E-state index is 0.227. The number of hydrogen-bond acceptors (Lipinski definition) is 5. The van der Waals surface area contributed by atoms with Gasteiger partial charge in [-0.3, -0.25) is 0 Å². The maximum atomic E-state index is 5.80. The zero-order valence-electron chi connectivity index (χ0n) is 13.6. The summed E-state index contributed by atoms with van der Waals surface area (Å²) < 4.78 is 5.71. The van der Waals surface area contributed by atoms with Gasteiger partial charge in [0.1, 0.15) is 5.82 Å². The number of aryl methyl sites for hydroxylation is 1. The van der Waals surface area contributed by atoms with Gasteiger partial charge in [0, 0.05) is 11.8 Å². The van der Waals surface area contributed by atoms with Crippen LogP contribution in [0.1, 0.15) is 16.8 Å². The molecule has 2 aromatic carbocycles. The molecule has 0 atom stereocenters. The molecular formula is C19H20N4O. The highest BCUT2D eigenvalue weighted by Crippen LogP contribution is 2.17. The lowest BCUT2D eigenvalue weighted by Gasteiger charge is -2.09. The topological polar surface area (TPSA) is 73.1 Å². The molecule has 24 heavy (non-hydrogen) atoms. The third-order valence-electron chi connectivity index (χ3n) is 3.48. The molecule has 0 radical (unpaired) electrons. The number of hydrogen-bond donors (Lipinski definition) is 2. The molecule has 0 unspecified atom stereocenters. The summed E-state index contributed by atoms with van der Waals surface area (Å²) >= 11 is 0. The van der Waals surface area contributed by atoms with Crippen LogP contribution in [-0.2, 0) is 18.0 Å². The van der Waals surface area contributed by atoms with Gasteiger partial charge in [-0.05, 0) is 24.6 Å². The van der Waals surface area contributed by atoms with Gasteiger partial charge in [-0.1, -0.05) is 48.0 Å². The number of anilines is 3. The lowest BCUT2D eigenvalue weighted by molar-refractivity contribution is 0.104. The Morgan fingerprint density at radius 2 is 1.71 bits per heavy atom. The van der Waals surface area contributed by atoms with Crippen molar-refractivity contribution in [2.24, 2.45) is 0 Å². The summed E-state index contributed by atoms with van der Waals surface area (Å²) in [6, 6.07) is 19.9. The normalized spacial score (nSPS) is 10.5. The van der Waals surface area contributed by atoms with Crippen molar-refractivity contribution in [2.45, 2.75) is 20.1 Å². The van der Waals surface area contributed by atoms with E-state index >= 15 is 0 Å². The van der Waals surface area contributed by atoms with E-state index in [1.54, 1.807) is 0 Å². The summed E-state index contributed by atoms with van der Waals surface area (Å²) in [7, 11) is 0. The molecule has 0 saturated heterocycles. The van der Waals surface area contributed by atoms with Crippen molar-refractivity contribution in [1.29, 1.82) is 0 Å². The summed E-state index contributed by atoms with van der Waals surface area (Å²) in [5.41, 5.74) is 9.83. The summed E-state index contributed by atoms with van der Waals surface area (Å²) in [6.45, 7) is 2.96. The minimum atomic E-state index is 0.227. The Labute approximate surface area is 141 Å². The largest absolute Gasteiger partial charge is 0.370 e. The van der Waals surface area contributed by atoms with Crippen molar-refractivity contribution < 1.29 is 4.74 Å². The maximum absolute atomic E-state index is 5.80.